The smallest absolute Gasteiger partial charge is 0.274 e. The number of para-hydroxylation sites is 2. The van der Waals surface area contributed by atoms with Crippen molar-refractivity contribution in [3.63, 3.8) is 0 Å². The summed E-state index contributed by atoms with van der Waals surface area (Å²) in [7, 11) is 0. The van der Waals surface area contributed by atoms with Crippen molar-refractivity contribution in [2.45, 2.75) is 13.5 Å². The summed E-state index contributed by atoms with van der Waals surface area (Å²) >= 11 is 7.59. The molecule has 5 aromatic rings. The van der Waals surface area contributed by atoms with E-state index in [4.69, 9.17) is 16.3 Å². The van der Waals surface area contributed by atoms with Crippen LogP contribution in [0.5, 0.6) is 5.75 Å². The molecule has 2 aromatic heterocycles. The van der Waals surface area contributed by atoms with Gasteiger partial charge in [0.1, 0.15) is 12.4 Å². The molecule has 0 aliphatic carbocycles. The normalized spacial score (nSPS) is 12.1. The van der Waals surface area contributed by atoms with Gasteiger partial charge in [-0.25, -0.2) is 9.38 Å². The summed E-state index contributed by atoms with van der Waals surface area (Å²) in [6.45, 7) is 2.50. The zero-order valence-electron chi connectivity index (χ0n) is 16.1. The number of halogens is 1. The third-order valence-corrected chi connectivity index (χ3v) is 6.25. The van der Waals surface area contributed by atoms with Gasteiger partial charge in [-0.05, 0) is 54.5 Å². The molecule has 0 radical (unpaired) electrons. The third-order valence-electron chi connectivity index (χ3n) is 5.05. The molecular formula is C24H17ClN2O2S. The highest BCUT2D eigenvalue weighted by Crippen LogP contribution is 2.25. The van der Waals surface area contributed by atoms with Crippen LogP contribution in [0, 0.1) is 6.92 Å². The Hall–Kier alpha value is -3.15. The number of hydrogen-bond donors (Lipinski definition) is 0. The molecule has 0 aliphatic heterocycles. The minimum atomic E-state index is -0.0893. The predicted octanol–water partition coefficient (Wildman–Crippen LogP) is 5.00. The maximum atomic E-state index is 13.1. The van der Waals surface area contributed by atoms with Gasteiger partial charge in [0.25, 0.3) is 5.56 Å². The largest absolute Gasteiger partial charge is 0.488 e. The van der Waals surface area contributed by atoms with Gasteiger partial charge >= 0.3 is 0 Å². The second-order valence-electron chi connectivity index (χ2n) is 7.03. The van der Waals surface area contributed by atoms with Crippen molar-refractivity contribution in [1.82, 2.24) is 9.38 Å². The number of aryl methyl sites for hydroxylation is 1. The molecule has 5 rings (SSSR count). The number of ether oxygens (including phenoxy) is 1. The Bertz CT molecular complexity index is 1500. The molecule has 30 heavy (non-hydrogen) atoms. The molecule has 0 aliphatic rings. The number of nitrogens with zero attached hydrogens (tertiary/aromatic N) is 2. The fraction of sp³-hybridized carbons (Fsp3) is 0.0833. The highest BCUT2D eigenvalue weighted by atomic mass is 35.5. The molecule has 2 heterocycles. The van der Waals surface area contributed by atoms with E-state index in [1.807, 2.05) is 60.7 Å². The Morgan fingerprint density at radius 1 is 1.10 bits per heavy atom. The zero-order valence-corrected chi connectivity index (χ0v) is 17.7. The van der Waals surface area contributed by atoms with Crippen molar-refractivity contribution in [1.29, 1.82) is 0 Å². The fourth-order valence-corrected chi connectivity index (χ4v) is 4.60. The van der Waals surface area contributed by atoms with Crippen LogP contribution in [0.4, 0.5) is 0 Å². The molecule has 0 amide bonds. The lowest BCUT2D eigenvalue weighted by Crippen LogP contribution is -2.22. The quantitative estimate of drug-likeness (QED) is 0.401. The second kappa shape index (κ2) is 7.59. The Labute approximate surface area is 181 Å². The van der Waals surface area contributed by atoms with Crippen LogP contribution < -0.4 is 14.8 Å². The maximum Gasteiger partial charge on any atom is 0.274 e. The molecule has 0 spiro atoms. The number of aromatic nitrogens is 2. The van der Waals surface area contributed by atoms with E-state index in [2.05, 4.69) is 18.0 Å². The minimum absolute atomic E-state index is 0.0893. The molecule has 148 valence electrons. The summed E-state index contributed by atoms with van der Waals surface area (Å²) < 4.78 is 8.33. The Morgan fingerprint density at radius 2 is 1.90 bits per heavy atom. The first-order chi connectivity index (χ1) is 14.6. The van der Waals surface area contributed by atoms with E-state index in [1.54, 1.807) is 10.5 Å². The molecule has 0 atom stereocenters. The second-order valence-corrected chi connectivity index (χ2v) is 8.48. The van der Waals surface area contributed by atoms with E-state index < -0.39 is 0 Å². The number of hydrogen-bond acceptors (Lipinski definition) is 4. The van der Waals surface area contributed by atoms with Gasteiger partial charge in [-0.1, -0.05) is 59.3 Å². The molecule has 3 aromatic carbocycles. The van der Waals surface area contributed by atoms with Gasteiger partial charge in [0.2, 0.25) is 0 Å². The van der Waals surface area contributed by atoms with Crippen molar-refractivity contribution >= 4 is 45.0 Å². The van der Waals surface area contributed by atoms with E-state index >= 15 is 0 Å². The maximum absolute atomic E-state index is 13.1. The standard InChI is InChI=1S/C24H17ClN2O2S/c1-15-6-2-3-7-16(15)14-29-21-11-10-18(25)12-17(21)13-22-23(28)27-20-9-5-4-8-19(20)26-24(27)30-22/h2-13H,14H2,1H3. The summed E-state index contributed by atoms with van der Waals surface area (Å²) in [6, 6.07) is 21.2. The molecule has 0 N–H and O–H groups in total. The number of benzene rings is 3. The van der Waals surface area contributed by atoms with Crippen LogP contribution in [0.15, 0.2) is 71.5 Å². The molecule has 4 nitrogen and oxygen atoms in total. The molecular weight excluding hydrogens is 416 g/mol. The van der Waals surface area contributed by atoms with Crippen LogP contribution in [-0.2, 0) is 6.61 Å². The van der Waals surface area contributed by atoms with Crippen LogP contribution in [-0.4, -0.2) is 9.38 Å². The first-order valence-electron chi connectivity index (χ1n) is 9.49. The van der Waals surface area contributed by atoms with Crippen LogP contribution in [0.1, 0.15) is 16.7 Å². The molecule has 6 heteroatoms. The SMILES string of the molecule is Cc1ccccc1COc1ccc(Cl)cc1C=c1sc2nc3ccccc3n2c1=O. The van der Waals surface area contributed by atoms with Crippen molar-refractivity contribution in [2.24, 2.45) is 0 Å². The van der Waals surface area contributed by atoms with Crippen LogP contribution in [0.2, 0.25) is 5.02 Å². The fourth-order valence-electron chi connectivity index (χ4n) is 3.44. The number of imidazole rings is 1. The van der Waals surface area contributed by atoms with E-state index in [1.165, 1.54) is 16.9 Å². The van der Waals surface area contributed by atoms with Crippen molar-refractivity contribution in [3.8, 4) is 5.75 Å². The molecule has 0 bridgehead atoms. The molecule has 0 unspecified atom stereocenters. The zero-order chi connectivity index (χ0) is 20.7. The average molecular weight is 433 g/mol. The van der Waals surface area contributed by atoms with Gasteiger partial charge in [0, 0.05) is 10.6 Å². The number of fused-ring (bicyclic) bond motifs is 3. The Morgan fingerprint density at radius 3 is 2.77 bits per heavy atom. The monoisotopic (exact) mass is 432 g/mol. The van der Waals surface area contributed by atoms with Gasteiger partial charge in [-0.15, -0.1) is 0 Å². The van der Waals surface area contributed by atoms with Crippen molar-refractivity contribution < 1.29 is 4.74 Å². The Kier molecular flexibility index (Phi) is 4.77. The highest BCUT2D eigenvalue weighted by molar-refractivity contribution is 7.15. The summed E-state index contributed by atoms with van der Waals surface area (Å²) in [5, 5.41) is 0.587. The Balaban J connectivity index is 1.58. The summed E-state index contributed by atoms with van der Waals surface area (Å²) in [5.41, 5.74) is 4.60. The van der Waals surface area contributed by atoms with Gasteiger partial charge in [-0.2, -0.15) is 0 Å². The summed E-state index contributed by atoms with van der Waals surface area (Å²) in [6.07, 6.45) is 1.83. The lowest BCUT2D eigenvalue weighted by Gasteiger charge is -2.11. The molecule has 0 fully saturated rings. The van der Waals surface area contributed by atoms with Gasteiger partial charge < -0.3 is 4.74 Å². The topological polar surface area (TPSA) is 43.6 Å². The summed E-state index contributed by atoms with van der Waals surface area (Å²) in [4.78, 5) is 18.3. The molecule has 0 saturated heterocycles. The van der Waals surface area contributed by atoms with E-state index in [0.29, 0.717) is 26.9 Å². The van der Waals surface area contributed by atoms with Crippen molar-refractivity contribution in [2.75, 3.05) is 0 Å². The average Bonchev–Trinajstić information content (AvgIpc) is 3.25. The highest BCUT2D eigenvalue weighted by Gasteiger charge is 2.12. The van der Waals surface area contributed by atoms with E-state index in [9.17, 15) is 4.79 Å². The van der Waals surface area contributed by atoms with E-state index in [-0.39, 0.29) is 5.56 Å². The molecule has 0 saturated carbocycles. The number of thiazole rings is 1. The minimum Gasteiger partial charge on any atom is -0.488 e. The summed E-state index contributed by atoms with van der Waals surface area (Å²) in [5.74, 6) is 0.679. The van der Waals surface area contributed by atoms with Gasteiger partial charge in [-0.3, -0.25) is 4.79 Å². The van der Waals surface area contributed by atoms with Gasteiger partial charge in [0.15, 0.2) is 4.96 Å². The van der Waals surface area contributed by atoms with E-state index in [0.717, 1.165) is 22.2 Å². The lowest BCUT2D eigenvalue weighted by atomic mass is 10.1. The lowest BCUT2D eigenvalue weighted by molar-refractivity contribution is 0.305. The predicted molar refractivity (Wildman–Crippen MR) is 123 cm³/mol. The number of rotatable bonds is 4. The third kappa shape index (κ3) is 3.36. The first-order valence-corrected chi connectivity index (χ1v) is 10.7. The van der Waals surface area contributed by atoms with Crippen LogP contribution in [0.3, 0.4) is 0 Å². The van der Waals surface area contributed by atoms with Crippen molar-refractivity contribution in [3.05, 3.63) is 103 Å². The first kappa shape index (κ1) is 18.9. The van der Waals surface area contributed by atoms with Gasteiger partial charge in [0.05, 0.1) is 15.6 Å². The van der Waals surface area contributed by atoms with Crippen LogP contribution in [0.25, 0.3) is 22.1 Å². The van der Waals surface area contributed by atoms with Crippen LogP contribution >= 0.6 is 22.9 Å².